The highest BCUT2D eigenvalue weighted by molar-refractivity contribution is 5.80. The zero-order chi connectivity index (χ0) is 35.3. The maximum Gasteiger partial charge on any atom is 0.249 e. The van der Waals surface area contributed by atoms with Crippen LogP contribution in [0.5, 0.6) is 0 Å². The number of carbonyl (C=O) groups is 1. The molecule has 0 rings (SSSR count). The van der Waals surface area contributed by atoms with Gasteiger partial charge in [0, 0.05) is 0 Å². The van der Waals surface area contributed by atoms with Crippen LogP contribution < -0.4 is 5.32 Å². The van der Waals surface area contributed by atoms with Crippen molar-refractivity contribution in [3.63, 3.8) is 0 Å². The van der Waals surface area contributed by atoms with Crippen molar-refractivity contribution in [1.82, 2.24) is 5.32 Å². The van der Waals surface area contributed by atoms with Crippen molar-refractivity contribution >= 4 is 5.91 Å². The molecule has 5 N–H and O–H groups in total. The average Bonchev–Trinajstić information content (AvgIpc) is 3.09. The van der Waals surface area contributed by atoms with E-state index in [4.69, 9.17) is 0 Å². The number of hydrogen-bond acceptors (Lipinski definition) is 5. The Morgan fingerprint density at radius 3 is 1.31 bits per heavy atom. The Morgan fingerprint density at radius 2 is 0.875 bits per heavy atom. The molecule has 0 radical (unpaired) electrons. The van der Waals surface area contributed by atoms with Gasteiger partial charge >= 0.3 is 0 Å². The number of rotatable bonds is 37. The van der Waals surface area contributed by atoms with Crippen LogP contribution in [0.1, 0.15) is 206 Å². The highest BCUT2D eigenvalue weighted by Gasteiger charge is 2.28. The van der Waals surface area contributed by atoms with Gasteiger partial charge in [-0.1, -0.05) is 179 Å². The molecule has 0 aliphatic rings. The van der Waals surface area contributed by atoms with Crippen molar-refractivity contribution in [2.24, 2.45) is 0 Å². The summed E-state index contributed by atoms with van der Waals surface area (Å²) in [7, 11) is 0. The molecule has 0 aromatic carbocycles. The summed E-state index contributed by atoms with van der Waals surface area (Å²) < 4.78 is 0. The molecule has 0 saturated heterocycles. The first-order valence-electron chi connectivity index (χ1n) is 20.7. The van der Waals surface area contributed by atoms with E-state index in [-0.39, 0.29) is 0 Å². The Hall–Kier alpha value is -1.21. The van der Waals surface area contributed by atoms with Crippen molar-refractivity contribution in [3.05, 3.63) is 24.3 Å². The zero-order valence-electron chi connectivity index (χ0n) is 31.7. The van der Waals surface area contributed by atoms with E-state index in [2.05, 4.69) is 43.5 Å². The minimum atomic E-state index is -1.29. The van der Waals surface area contributed by atoms with Crippen LogP contribution in [0.3, 0.4) is 0 Å². The molecule has 6 nitrogen and oxygen atoms in total. The molecule has 4 atom stereocenters. The number of carbonyl (C=O) groups excluding carboxylic acids is 1. The maximum absolute atomic E-state index is 12.5. The van der Waals surface area contributed by atoms with E-state index in [1.54, 1.807) is 0 Å². The summed E-state index contributed by atoms with van der Waals surface area (Å²) >= 11 is 0. The number of nitrogens with one attached hydrogen (secondary N) is 1. The average molecular weight is 680 g/mol. The lowest BCUT2D eigenvalue weighted by atomic mass is 10.00. The molecule has 6 heteroatoms. The van der Waals surface area contributed by atoms with Crippen molar-refractivity contribution < 1.29 is 25.2 Å². The minimum absolute atomic E-state index is 0.363. The van der Waals surface area contributed by atoms with Gasteiger partial charge in [0.25, 0.3) is 0 Å². The Kier molecular flexibility index (Phi) is 36.1. The predicted octanol–water partition coefficient (Wildman–Crippen LogP) is 10.4. The molecule has 0 bridgehead atoms. The first kappa shape index (κ1) is 46.8. The lowest BCUT2D eigenvalue weighted by Crippen LogP contribution is -2.53. The van der Waals surface area contributed by atoms with Gasteiger partial charge in [-0.2, -0.15) is 0 Å². The molecule has 0 aliphatic heterocycles. The van der Waals surface area contributed by atoms with Crippen LogP contribution >= 0.6 is 0 Å². The van der Waals surface area contributed by atoms with Gasteiger partial charge in [0.05, 0.1) is 18.8 Å². The standard InChI is InChI=1S/C42H81NO5/c1-3-5-7-9-11-13-15-17-18-19-20-21-22-24-25-27-29-31-33-35-39(45)41(47)38(37-44)43-42(48)40(46)36-34-32-30-28-26-23-16-14-12-10-8-6-4-2/h21-22,27,29,38-41,44-47H,3-20,23-26,28,30-37H2,1-2H3,(H,43,48)/b22-21+,29-27+. The second kappa shape index (κ2) is 37.1. The second-order valence-electron chi connectivity index (χ2n) is 14.3. The molecule has 0 aromatic rings. The summed E-state index contributed by atoms with van der Waals surface area (Å²) in [6, 6.07) is -1.00. The van der Waals surface area contributed by atoms with Crippen LogP contribution in [0.4, 0.5) is 0 Å². The fourth-order valence-electron chi connectivity index (χ4n) is 6.30. The monoisotopic (exact) mass is 680 g/mol. The SMILES string of the molecule is CCCCCCCCCCCC/C=C/CC/C=C/CCCC(O)C(O)C(CO)NC(=O)C(O)CCCCCCCCCCCCCCC. The Labute approximate surface area is 297 Å². The van der Waals surface area contributed by atoms with Gasteiger partial charge in [0.15, 0.2) is 0 Å². The number of hydrogen-bond donors (Lipinski definition) is 5. The summed E-state index contributed by atoms with van der Waals surface area (Å²) in [5.74, 6) is -0.597. The number of aliphatic hydroxyl groups is 4. The van der Waals surface area contributed by atoms with E-state index in [1.807, 2.05) is 0 Å². The molecular weight excluding hydrogens is 598 g/mol. The van der Waals surface area contributed by atoms with Crippen LogP contribution in [0.15, 0.2) is 24.3 Å². The molecule has 0 heterocycles. The van der Waals surface area contributed by atoms with Gasteiger partial charge in [-0.15, -0.1) is 0 Å². The normalized spacial score (nSPS) is 14.5. The van der Waals surface area contributed by atoms with E-state index in [9.17, 15) is 25.2 Å². The summed E-state index contributed by atoms with van der Waals surface area (Å²) in [4.78, 5) is 12.5. The molecule has 0 spiro atoms. The summed E-state index contributed by atoms with van der Waals surface area (Å²) in [6.45, 7) is 4.02. The molecule has 1 amide bonds. The fraction of sp³-hybridized carbons (Fsp3) is 0.881. The first-order chi connectivity index (χ1) is 23.5. The molecule has 0 fully saturated rings. The van der Waals surface area contributed by atoms with E-state index < -0.39 is 36.9 Å². The van der Waals surface area contributed by atoms with Gasteiger partial charge in [0.2, 0.25) is 5.91 Å². The van der Waals surface area contributed by atoms with Crippen molar-refractivity contribution in [2.75, 3.05) is 6.61 Å². The van der Waals surface area contributed by atoms with E-state index in [1.165, 1.54) is 135 Å². The number of amides is 1. The summed E-state index contributed by atoms with van der Waals surface area (Å²) in [5.41, 5.74) is 0. The molecule has 0 saturated carbocycles. The summed E-state index contributed by atoms with van der Waals surface area (Å²) in [5, 5.41) is 43.5. The van der Waals surface area contributed by atoms with Crippen LogP contribution in [-0.2, 0) is 4.79 Å². The Balaban J connectivity index is 3.83. The molecular formula is C42H81NO5. The van der Waals surface area contributed by atoms with Gasteiger partial charge in [-0.3, -0.25) is 4.79 Å². The lowest BCUT2D eigenvalue weighted by molar-refractivity contribution is -0.132. The maximum atomic E-state index is 12.5. The third-order valence-corrected chi connectivity index (χ3v) is 9.64. The topological polar surface area (TPSA) is 110 Å². The van der Waals surface area contributed by atoms with Gasteiger partial charge in [-0.25, -0.2) is 0 Å². The van der Waals surface area contributed by atoms with E-state index in [0.717, 1.165) is 38.5 Å². The number of unbranched alkanes of at least 4 members (excludes halogenated alkanes) is 24. The van der Waals surface area contributed by atoms with Crippen LogP contribution in [0, 0.1) is 0 Å². The van der Waals surface area contributed by atoms with Crippen molar-refractivity contribution in [2.45, 2.75) is 231 Å². The highest BCUT2D eigenvalue weighted by atomic mass is 16.3. The second-order valence-corrected chi connectivity index (χ2v) is 14.3. The van der Waals surface area contributed by atoms with Crippen LogP contribution in [-0.4, -0.2) is 57.3 Å². The smallest absolute Gasteiger partial charge is 0.249 e. The van der Waals surface area contributed by atoms with E-state index in [0.29, 0.717) is 19.3 Å². The minimum Gasteiger partial charge on any atom is -0.394 e. The van der Waals surface area contributed by atoms with Gasteiger partial charge < -0.3 is 25.7 Å². The number of aliphatic hydroxyl groups excluding tert-OH is 4. The molecule has 0 aromatic heterocycles. The quantitative estimate of drug-likeness (QED) is 0.0332. The molecule has 284 valence electrons. The van der Waals surface area contributed by atoms with Crippen LogP contribution in [0.2, 0.25) is 0 Å². The Morgan fingerprint density at radius 1 is 0.500 bits per heavy atom. The summed E-state index contributed by atoms with van der Waals surface area (Å²) in [6.07, 6.45) is 40.6. The van der Waals surface area contributed by atoms with Crippen molar-refractivity contribution in [3.8, 4) is 0 Å². The largest absolute Gasteiger partial charge is 0.394 e. The first-order valence-corrected chi connectivity index (χ1v) is 20.7. The lowest BCUT2D eigenvalue weighted by Gasteiger charge is -2.27. The zero-order valence-corrected chi connectivity index (χ0v) is 31.7. The molecule has 0 aliphatic carbocycles. The number of allylic oxidation sites excluding steroid dienone is 4. The highest BCUT2D eigenvalue weighted by Crippen LogP contribution is 2.15. The fourth-order valence-corrected chi connectivity index (χ4v) is 6.30. The predicted molar refractivity (Wildman–Crippen MR) is 205 cm³/mol. The third kappa shape index (κ3) is 30.8. The third-order valence-electron chi connectivity index (χ3n) is 9.64. The Bertz CT molecular complexity index is 727. The molecule has 48 heavy (non-hydrogen) atoms. The van der Waals surface area contributed by atoms with Gasteiger partial charge in [0.1, 0.15) is 12.2 Å². The van der Waals surface area contributed by atoms with E-state index >= 15 is 0 Å². The van der Waals surface area contributed by atoms with Crippen molar-refractivity contribution in [1.29, 1.82) is 0 Å². The molecule has 4 unspecified atom stereocenters. The van der Waals surface area contributed by atoms with Gasteiger partial charge in [-0.05, 0) is 51.4 Å². The van der Waals surface area contributed by atoms with Crippen LogP contribution in [0.25, 0.3) is 0 Å².